The molecule has 3 aliphatic rings. The molecule has 0 saturated carbocycles. The highest BCUT2D eigenvalue weighted by molar-refractivity contribution is 5.93. The van der Waals surface area contributed by atoms with Crippen LogP contribution in [-0.2, 0) is 28.6 Å². The standard InChI is InChI=1S/C20H24O6/c1-5-11(3)18(21)25-15-7-10(2)6-14-8-13(20(23)24-14)9-16-17(15)12(4)19(22)26-16/h7-8,11,14-17H,4-6,9H2,1-3H3/b10-7+/t11?,14-,15?,16?,17+/m1/s1. The van der Waals surface area contributed by atoms with Gasteiger partial charge in [0.15, 0.2) is 0 Å². The van der Waals surface area contributed by atoms with Crippen LogP contribution in [0.4, 0.5) is 0 Å². The van der Waals surface area contributed by atoms with Crippen molar-refractivity contribution in [1.82, 2.24) is 0 Å². The Hall–Kier alpha value is -2.37. The molecule has 5 atom stereocenters. The van der Waals surface area contributed by atoms with E-state index < -0.39 is 24.1 Å². The Balaban J connectivity index is 1.96. The Morgan fingerprint density at radius 3 is 2.69 bits per heavy atom. The molecule has 0 N–H and O–H groups in total. The van der Waals surface area contributed by atoms with Crippen molar-refractivity contribution in [3.63, 3.8) is 0 Å². The van der Waals surface area contributed by atoms with E-state index in [0.29, 0.717) is 18.4 Å². The molecule has 1 fully saturated rings. The van der Waals surface area contributed by atoms with Crippen LogP contribution in [0.3, 0.4) is 0 Å². The van der Waals surface area contributed by atoms with Crippen LogP contribution in [0, 0.1) is 11.8 Å². The molecule has 1 aliphatic carbocycles. The summed E-state index contributed by atoms with van der Waals surface area (Å²) in [4.78, 5) is 36.6. The first-order valence-corrected chi connectivity index (χ1v) is 8.99. The molecular formula is C20H24O6. The number of carbonyl (C=O) groups excluding carboxylic acids is 3. The predicted molar refractivity (Wildman–Crippen MR) is 92.8 cm³/mol. The van der Waals surface area contributed by atoms with E-state index in [0.717, 1.165) is 5.57 Å². The summed E-state index contributed by atoms with van der Waals surface area (Å²) in [5, 5.41) is 0. The van der Waals surface area contributed by atoms with Crippen molar-refractivity contribution in [3.05, 3.63) is 35.5 Å². The van der Waals surface area contributed by atoms with Gasteiger partial charge in [0.2, 0.25) is 0 Å². The number of carbonyl (C=O) groups is 3. The number of ether oxygens (including phenoxy) is 3. The molecule has 1 saturated heterocycles. The van der Waals surface area contributed by atoms with E-state index in [1.54, 1.807) is 13.0 Å². The van der Waals surface area contributed by atoms with Crippen LogP contribution in [0.1, 0.15) is 40.0 Å². The van der Waals surface area contributed by atoms with Gasteiger partial charge in [-0.15, -0.1) is 0 Å². The molecule has 0 aromatic carbocycles. The first kappa shape index (κ1) is 18.4. The molecule has 2 bridgehead atoms. The van der Waals surface area contributed by atoms with Crippen LogP contribution in [0.15, 0.2) is 35.5 Å². The van der Waals surface area contributed by atoms with Crippen molar-refractivity contribution in [2.75, 3.05) is 0 Å². The highest BCUT2D eigenvalue weighted by Gasteiger charge is 2.46. The molecule has 0 amide bonds. The molecule has 0 aromatic heterocycles. The zero-order valence-corrected chi connectivity index (χ0v) is 15.3. The van der Waals surface area contributed by atoms with Gasteiger partial charge in [0.25, 0.3) is 0 Å². The molecule has 6 heteroatoms. The van der Waals surface area contributed by atoms with Crippen molar-refractivity contribution in [3.8, 4) is 0 Å². The van der Waals surface area contributed by atoms with E-state index >= 15 is 0 Å². The van der Waals surface area contributed by atoms with Crippen LogP contribution in [0.5, 0.6) is 0 Å². The summed E-state index contributed by atoms with van der Waals surface area (Å²) in [6.07, 6.45) is 3.43. The smallest absolute Gasteiger partial charge is 0.334 e. The predicted octanol–water partition coefficient (Wildman–Crippen LogP) is 2.63. The maximum atomic E-state index is 12.4. The van der Waals surface area contributed by atoms with Gasteiger partial charge >= 0.3 is 17.9 Å². The summed E-state index contributed by atoms with van der Waals surface area (Å²) in [7, 11) is 0. The maximum absolute atomic E-state index is 12.4. The van der Waals surface area contributed by atoms with E-state index in [2.05, 4.69) is 6.58 Å². The molecule has 0 spiro atoms. The van der Waals surface area contributed by atoms with Gasteiger partial charge in [-0.1, -0.05) is 26.0 Å². The van der Waals surface area contributed by atoms with Gasteiger partial charge in [0, 0.05) is 24.0 Å². The minimum atomic E-state index is -0.659. The SMILES string of the molecule is C=C1C(=O)OC2CC3=C[C@@H](C/C(C)=C/C(OC(=O)C(C)CC)[C@H]12)OC3=O. The van der Waals surface area contributed by atoms with E-state index in [9.17, 15) is 14.4 Å². The van der Waals surface area contributed by atoms with Gasteiger partial charge < -0.3 is 14.2 Å². The van der Waals surface area contributed by atoms with Crippen LogP contribution >= 0.6 is 0 Å². The van der Waals surface area contributed by atoms with Gasteiger partial charge in [0.05, 0.1) is 11.8 Å². The fourth-order valence-corrected chi connectivity index (χ4v) is 3.53. The van der Waals surface area contributed by atoms with Gasteiger partial charge in [-0.2, -0.15) is 0 Å². The van der Waals surface area contributed by atoms with Crippen molar-refractivity contribution in [1.29, 1.82) is 0 Å². The van der Waals surface area contributed by atoms with Crippen LogP contribution in [-0.4, -0.2) is 36.2 Å². The van der Waals surface area contributed by atoms with Crippen LogP contribution in [0.25, 0.3) is 0 Å². The molecule has 140 valence electrons. The molecule has 2 aliphatic heterocycles. The fourth-order valence-electron chi connectivity index (χ4n) is 3.53. The highest BCUT2D eigenvalue weighted by Crippen LogP contribution is 2.38. The lowest BCUT2D eigenvalue weighted by Crippen LogP contribution is -2.34. The Morgan fingerprint density at radius 2 is 2.00 bits per heavy atom. The Kier molecular flexibility index (Phi) is 5.03. The minimum absolute atomic E-state index is 0.231. The zero-order chi connectivity index (χ0) is 19.0. The highest BCUT2D eigenvalue weighted by atomic mass is 16.6. The Bertz CT molecular complexity index is 716. The second kappa shape index (κ2) is 7.09. The number of rotatable bonds is 3. The third-order valence-electron chi connectivity index (χ3n) is 5.25. The average Bonchev–Trinajstić information content (AvgIpc) is 3.05. The molecular weight excluding hydrogens is 336 g/mol. The summed E-state index contributed by atoms with van der Waals surface area (Å²) < 4.78 is 16.5. The fraction of sp³-hybridized carbons (Fsp3) is 0.550. The van der Waals surface area contributed by atoms with E-state index in [-0.39, 0.29) is 36.0 Å². The summed E-state index contributed by atoms with van der Waals surface area (Å²) >= 11 is 0. The molecule has 6 nitrogen and oxygen atoms in total. The lowest BCUT2D eigenvalue weighted by Gasteiger charge is -2.27. The monoisotopic (exact) mass is 360 g/mol. The van der Waals surface area contributed by atoms with E-state index in [1.165, 1.54) is 0 Å². The van der Waals surface area contributed by atoms with Crippen LogP contribution in [0.2, 0.25) is 0 Å². The second-order valence-electron chi connectivity index (χ2n) is 7.26. The number of hydrogen-bond acceptors (Lipinski definition) is 6. The van der Waals surface area contributed by atoms with E-state index in [4.69, 9.17) is 14.2 Å². The second-order valence-corrected chi connectivity index (χ2v) is 7.26. The lowest BCUT2D eigenvalue weighted by molar-refractivity contribution is -0.154. The zero-order valence-electron chi connectivity index (χ0n) is 15.3. The summed E-state index contributed by atoms with van der Waals surface area (Å²) in [6.45, 7) is 9.45. The third kappa shape index (κ3) is 3.45. The number of fused-ring (bicyclic) bond motifs is 2. The molecule has 0 radical (unpaired) electrons. The molecule has 0 aromatic rings. The van der Waals surface area contributed by atoms with Crippen LogP contribution < -0.4 is 0 Å². The van der Waals surface area contributed by atoms with Crippen molar-refractivity contribution in [2.24, 2.45) is 11.8 Å². The van der Waals surface area contributed by atoms with Crippen molar-refractivity contribution < 1.29 is 28.6 Å². The summed E-state index contributed by atoms with van der Waals surface area (Å²) in [5.41, 5.74) is 1.68. The van der Waals surface area contributed by atoms with Gasteiger partial charge in [0.1, 0.15) is 18.3 Å². The lowest BCUT2D eigenvalue weighted by atomic mass is 9.85. The minimum Gasteiger partial charge on any atom is -0.458 e. The molecule has 26 heavy (non-hydrogen) atoms. The van der Waals surface area contributed by atoms with Crippen molar-refractivity contribution >= 4 is 17.9 Å². The number of esters is 3. The molecule has 2 heterocycles. The third-order valence-corrected chi connectivity index (χ3v) is 5.25. The van der Waals surface area contributed by atoms with Gasteiger partial charge in [-0.25, -0.2) is 9.59 Å². The van der Waals surface area contributed by atoms with E-state index in [1.807, 2.05) is 19.9 Å². The number of hydrogen-bond donors (Lipinski definition) is 0. The maximum Gasteiger partial charge on any atom is 0.334 e. The van der Waals surface area contributed by atoms with Gasteiger partial charge in [-0.05, 0) is 25.5 Å². The van der Waals surface area contributed by atoms with Gasteiger partial charge in [-0.3, -0.25) is 4.79 Å². The quantitative estimate of drug-likeness (QED) is 0.333. The average molecular weight is 360 g/mol. The topological polar surface area (TPSA) is 78.9 Å². The normalized spacial score (nSPS) is 34.0. The first-order valence-electron chi connectivity index (χ1n) is 8.99. The molecule has 3 unspecified atom stereocenters. The van der Waals surface area contributed by atoms with Crippen molar-refractivity contribution in [2.45, 2.75) is 58.3 Å². The first-order chi connectivity index (χ1) is 12.3. The summed E-state index contributed by atoms with van der Waals surface area (Å²) in [6, 6.07) is 0. The Labute approximate surface area is 152 Å². The summed E-state index contributed by atoms with van der Waals surface area (Å²) in [5.74, 6) is -1.98. The Morgan fingerprint density at radius 1 is 1.27 bits per heavy atom. The largest absolute Gasteiger partial charge is 0.458 e. The molecule has 3 rings (SSSR count).